The molecule has 0 saturated carbocycles. The molecule has 11 nitrogen and oxygen atoms in total. The maximum atomic E-state index is 12.4. The molecule has 0 fully saturated rings. The third kappa shape index (κ3) is 6.22. The molecule has 1 atom stereocenters. The molecule has 1 aliphatic rings. The topological polar surface area (TPSA) is 158 Å². The Hall–Kier alpha value is -3.22. The summed E-state index contributed by atoms with van der Waals surface area (Å²) >= 11 is 0. The number of unbranched alkanes of at least 4 members (excludes halogenated alkanes) is 2. The Morgan fingerprint density at radius 3 is 2.76 bits per heavy atom. The fourth-order valence-electron chi connectivity index (χ4n) is 3.63. The SMILES string of the molecule is CCCCCC(CN(O)C=O)C(=O)NCNC(=O)c1ccc(-c2ccc3c(c2)S(=O)(=O)NC3)o1. The second-order valence-corrected chi connectivity index (χ2v) is 9.69. The molecule has 3 amide bonds. The first kappa shape index (κ1) is 25.4. The van der Waals surface area contributed by atoms with Crippen LogP contribution in [-0.2, 0) is 26.2 Å². The lowest BCUT2D eigenvalue weighted by Gasteiger charge is -2.19. The Labute approximate surface area is 197 Å². The molecule has 0 saturated heterocycles. The minimum atomic E-state index is -3.54. The van der Waals surface area contributed by atoms with Crippen LogP contribution >= 0.6 is 0 Å². The fourth-order valence-corrected chi connectivity index (χ4v) is 4.90. The molecular weight excluding hydrogens is 464 g/mol. The Morgan fingerprint density at radius 1 is 1.24 bits per heavy atom. The molecule has 1 unspecified atom stereocenters. The average Bonchev–Trinajstić information content (AvgIpc) is 3.43. The third-order valence-electron chi connectivity index (χ3n) is 5.49. The zero-order valence-corrected chi connectivity index (χ0v) is 19.6. The lowest BCUT2D eigenvalue weighted by molar-refractivity contribution is -0.154. The van der Waals surface area contributed by atoms with Gasteiger partial charge in [-0.1, -0.05) is 38.3 Å². The van der Waals surface area contributed by atoms with Crippen molar-refractivity contribution in [2.75, 3.05) is 13.2 Å². The van der Waals surface area contributed by atoms with Crippen LogP contribution in [0.4, 0.5) is 0 Å². The highest BCUT2D eigenvalue weighted by Crippen LogP contribution is 2.29. The second-order valence-electron chi connectivity index (χ2n) is 7.95. The Kier molecular flexibility index (Phi) is 8.42. The number of sulfonamides is 1. The number of benzene rings is 1. The van der Waals surface area contributed by atoms with E-state index < -0.39 is 27.8 Å². The average molecular weight is 493 g/mol. The number of furan rings is 1. The number of fused-ring (bicyclic) bond motifs is 1. The smallest absolute Gasteiger partial charge is 0.288 e. The van der Waals surface area contributed by atoms with Gasteiger partial charge in [-0.15, -0.1) is 0 Å². The lowest BCUT2D eigenvalue weighted by Crippen LogP contribution is -2.42. The van der Waals surface area contributed by atoms with Gasteiger partial charge in [0.25, 0.3) is 5.91 Å². The number of carbonyl (C=O) groups excluding carboxylic acids is 3. The van der Waals surface area contributed by atoms with E-state index in [0.29, 0.717) is 28.4 Å². The van der Waals surface area contributed by atoms with Crippen LogP contribution in [-0.4, -0.2) is 50.1 Å². The number of rotatable bonds is 12. The monoisotopic (exact) mass is 492 g/mol. The summed E-state index contributed by atoms with van der Waals surface area (Å²) in [7, 11) is -3.54. The predicted octanol–water partition coefficient (Wildman–Crippen LogP) is 1.59. The van der Waals surface area contributed by atoms with Crippen LogP contribution in [0.1, 0.15) is 48.7 Å². The predicted molar refractivity (Wildman–Crippen MR) is 121 cm³/mol. The van der Waals surface area contributed by atoms with Crippen molar-refractivity contribution in [1.29, 1.82) is 0 Å². The quantitative estimate of drug-likeness (QED) is 0.115. The van der Waals surface area contributed by atoms with Gasteiger partial charge in [0.05, 0.1) is 24.0 Å². The Balaban J connectivity index is 1.56. The molecule has 1 aromatic carbocycles. The van der Waals surface area contributed by atoms with Crippen LogP contribution in [0.3, 0.4) is 0 Å². The van der Waals surface area contributed by atoms with Crippen molar-refractivity contribution in [2.45, 2.75) is 44.0 Å². The second kappa shape index (κ2) is 11.3. The molecule has 2 aromatic rings. The van der Waals surface area contributed by atoms with E-state index >= 15 is 0 Å². The number of nitrogens with one attached hydrogen (secondary N) is 3. The number of carbonyl (C=O) groups is 3. The van der Waals surface area contributed by atoms with Gasteiger partial charge in [-0.25, -0.2) is 18.2 Å². The molecule has 2 heterocycles. The highest BCUT2D eigenvalue weighted by Gasteiger charge is 2.26. The van der Waals surface area contributed by atoms with Crippen molar-refractivity contribution in [1.82, 2.24) is 20.4 Å². The van der Waals surface area contributed by atoms with E-state index in [-0.39, 0.29) is 36.8 Å². The number of nitrogens with zero attached hydrogens (tertiary/aromatic N) is 1. The van der Waals surface area contributed by atoms with Gasteiger partial charge in [0.15, 0.2) is 5.76 Å². The fraction of sp³-hybridized carbons (Fsp3) is 0.409. The maximum Gasteiger partial charge on any atom is 0.288 e. The van der Waals surface area contributed by atoms with E-state index in [4.69, 9.17) is 4.42 Å². The van der Waals surface area contributed by atoms with Crippen molar-refractivity contribution in [3.63, 3.8) is 0 Å². The van der Waals surface area contributed by atoms with Crippen molar-refractivity contribution < 1.29 is 32.4 Å². The zero-order valence-electron chi connectivity index (χ0n) is 18.7. The van der Waals surface area contributed by atoms with Crippen molar-refractivity contribution in [3.05, 3.63) is 41.7 Å². The first-order valence-electron chi connectivity index (χ1n) is 10.9. The Morgan fingerprint density at radius 2 is 2.03 bits per heavy atom. The van der Waals surface area contributed by atoms with Crippen LogP contribution in [0.2, 0.25) is 0 Å². The van der Waals surface area contributed by atoms with Gasteiger partial charge in [-0.05, 0) is 30.2 Å². The molecule has 34 heavy (non-hydrogen) atoms. The molecule has 12 heteroatoms. The van der Waals surface area contributed by atoms with Crippen LogP contribution in [0.15, 0.2) is 39.6 Å². The minimum Gasteiger partial charge on any atom is -0.451 e. The van der Waals surface area contributed by atoms with E-state index in [9.17, 15) is 28.0 Å². The number of hydrogen-bond acceptors (Lipinski definition) is 7. The number of hydroxylamine groups is 2. The van der Waals surface area contributed by atoms with Crippen molar-refractivity contribution in [2.24, 2.45) is 5.92 Å². The van der Waals surface area contributed by atoms with Crippen LogP contribution in [0.5, 0.6) is 0 Å². The first-order valence-corrected chi connectivity index (χ1v) is 12.4. The normalized spacial score (nSPS) is 14.8. The van der Waals surface area contributed by atoms with Crippen LogP contribution in [0, 0.1) is 5.92 Å². The number of amides is 3. The molecule has 0 spiro atoms. The molecule has 0 radical (unpaired) electrons. The zero-order chi connectivity index (χ0) is 24.7. The van der Waals surface area contributed by atoms with Gasteiger partial charge in [0.1, 0.15) is 5.76 Å². The van der Waals surface area contributed by atoms with Gasteiger partial charge < -0.3 is 15.1 Å². The molecule has 0 bridgehead atoms. The molecule has 184 valence electrons. The highest BCUT2D eigenvalue weighted by molar-refractivity contribution is 7.89. The van der Waals surface area contributed by atoms with Gasteiger partial charge >= 0.3 is 0 Å². The molecule has 1 aliphatic heterocycles. The van der Waals surface area contributed by atoms with E-state index in [1.165, 1.54) is 12.1 Å². The van der Waals surface area contributed by atoms with Crippen LogP contribution in [0.25, 0.3) is 11.3 Å². The summed E-state index contributed by atoms with van der Waals surface area (Å²) in [5.74, 6) is -1.26. The summed E-state index contributed by atoms with van der Waals surface area (Å²) in [5, 5.41) is 15.0. The summed E-state index contributed by atoms with van der Waals surface area (Å²) in [6.07, 6.45) is 3.38. The molecule has 4 N–H and O–H groups in total. The Bertz CT molecular complexity index is 1150. The summed E-state index contributed by atoms with van der Waals surface area (Å²) in [6.45, 7) is 1.95. The molecule has 3 rings (SSSR count). The van der Waals surface area contributed by atoms with Crippen molar-refractivity contribution in [3.8, 4) is 11.3 Å². The molecule has 0 aliphatic carbocycles. The van der Waals surface area contributed by atoms with Gasteiger partial charge in [-0.2, -0.15) is 0 Å². The van der Waals surface area contributed by atoms with E-state index in [1.807, 2.05) is 6.92 Å². The van der Waals surface area contributed by atoms with E-state index in [0.717, 1.165) is 19.3 Å². The highest BCUT2D eigenvalue weighted by atomic mass is 32.2. The van der Waals surface area contributed by atoms with Crippen molar-refractivity contribution >= 4 is 28.2 Å². The largest absolute Gasteiger partial charge is 0.451 e. The maximum absolute atomic E-state index is 12.4. The lowest BCUT2D eigenvalue weighted by atomic mass is 10.0. The standard InChI is InChI=1S/C22H28N4O7S/c1-2-3-4-5-17(12-26(30)14-27)21(28)23-13-24-22(29)19-9-8-18(33-19)15-6-7-16-11-25-34(31,32)20(16)10-15/h6-10,14,17,25,30H,2-5,11-13H2,1H3,(H,23,28)(H,24,29). The summed E-state index contributed by atoms with van der Waals surface area (Å²) in [6, 6.07) is 7.91. The minimum absolute atomic E-state index is 0.00675. The van der Waals surface area contributed by atoms with Crippen LogP contribution < -0.4 is 15.4 Å². The summed E-state index contributed by atoms with van der Waals surface area (Å²) in [5.41, 5.74) is 1.17. The van der Waals surface area contributed by atoms with Gasteiger partial charge in [0.2, 0.25) is 22.3 Å². The summed E-state index contributed by atoms with van der Waals surface area (Å²) in [4.78, 5) is 35.7. The summed E-state index contributed by atoms with van der Waals surface area (Å²) < 4.78 is 32.1. The number of hydrogen-bond donors (Lipinski definition) is 4. The van der Waals surface area contributed by atoms with E-state index in [2.05, 4.69) is 15.4 Å². The first-order chi connectivity index (χ1) is 16.2. The third-order valence-corrected chi connectivity index (χ3v) is 6.97. The van der Waals surface area contributed by atoms with Gasteiger partial charge in [0, 0.05) is 12.1 Å². The van der Waals surface area contributed by atoms with E-state index in [1.54, 1.807) is 18.2 Å². The molecular formula is C22H28N4O7S. The van der Waals surface area contributed by atoms with Gasteiger partial charge in [-0.3, -0.25) is 19.6 Å². The molecule has 1 aromatic heterocycles.